The minimum Gasteiger partial charge on any atom is -0.393 e. The quantitative estimate of drug-likeness (QED) is 0.739. The van der Waals surface area contributed by atoms with Crippen molar-refractivity contribution in [3.8, 4) is 0 Å². The number of nitrogens with one attached hydrogen (secondary N) is 1. The first-order valence-corrected chi connectivity index (χ1v) is 6.08. The molecular formula is C13H19N3O2. The molecule has 18 heavy (non-hydrogen) atoms. The van der Waals surface area contributed by atoms with Gasteiger partial charge in [0.1, 0.15) is 6.04 Å². The van der Waals surface area contributed by atoms with Crippen LogP contribution in [0.4, 0.5) is 11.4 Å². The summed E-state index contributed by atoms with van der Waals surface area (Å²) in [4.78, 5) is 13.5. The van der Waals surface area contributed by atoms with Crippen LogP contribution in [-0.2, 0) is 4.79 Å². The number of hydrogen-bond donors (Lipinski definition) is 3. The number of carbonyl (C=O) groups excluding carboxylic acids is 1. The molecule has 0 spiro atoms. The van der Waals surface area contributed by atoms with E-state index < -0.39 is 6.04 Å². The second-order valence-electron chi connectivity index (χ2n) is 4.80. The van der Waals surface area contributed by atoms with Crippen molar-refractivity contribution in [3.63, 3.8) is 0 Å². The molecule has 98 valence electrons. The van der Waals surface area contributed by atoms with Crippen molar-refractivity contribution in [2.45, 2.75) is 25.5 Å². The zero-order valence-electron chi connectivity index (χ0n) is 10.7. The van der Waals surface area contributed by atoms with Gasteiger partial charge in [-0.25, -0.2) is 0 Å². The zero-order valence-corrected chi connectivity index (χ0v) is 10.7. The molecule has 0 saturated heterocycles. The summed E-state index contributed by atoms with van der Waals surface area (Å²) in [7, 11) is 1.96. The Kier molecular flexibility index (Phi) is 3.54. The number of aliphatic hydroxyl groups excluding tert-OH is 1. The topological polar surface area (TPSA) is 78.6 Å². The Labute approximate surface area is 107 Å². The first kappa shape index (κ1) is 12.9. The number of nitrogens with two attached hydrogens (primary N) is 1. The van der Waals surface area contributed by atoms with Gasteiger partial charge in [-0.2, -0.15) is 0 Å². The Hall–Kier alpha value is -1.59. The molecule has 0 radical (unpaired) electrons. The van der Waals surface area contributed by atoms with Crippen molar-refractivity contribution in [3.05, 3.63) is 23.8 Å². The monoisotopic (exact) mass is 249 g/mol. The third-order valence-electron chi connectivity index (χ3n) is 3.24. The molecule has 0 fully saturated rings. The first-order chi connectivity index (χ1) is 8.49. The molecule has 2 atom stereocenters. The van der Waals surface area contributed by atoms with Gasteiger partial charge in [-0.1, -0.05) is 6.07 Å². The third kappa shape index (κ3) is 2.47. The molecule has 5 heteroatoms. The highest BCUT2D eigenvalue weighted by Crippen LogP contribution is 2.32. The lowest BCUT2D eigenvalue weighted by atomic mass is 10.1. The van der Waals surface area contributed by atoms with Crippen LogP contribution in [-0.4, -0.2) is 30.7 Å². The van der Waals surface area contributed by atoms with Crippen LogP contribution in [0, 0.1) is 0 Å². The van der Waals surface area contributed by atoms with Gasteiger partial charge in [0.05, 0.1) is 6.10 Å². The van der Waals surface area contributed by atoms with E-state index in [-0.39, 0.29) is 12.0 Å². The SMILES string of the molecule is CC(O)CCN(C)c1ccc2c(c1)NC(=O)C2N. The molecule has 1 heterocycles. The highest BCUT2D eigenvalue weighted by molar-refractivity contribution is 6.02. The van der Waals surface area contributed by atoms with Crippen LogP contribution in [0.25, 0.3) is 0 Å². The number of carbonyl (C=O) groups is 1. The van der Waals surface area contributed by atoms with E-state index in [2.05, 4.69) is 5.32 Å². The van der Waals surface area contributed by atoms with Crippen LogP contribution in [0.15, 0.2) is 18.2 Å². The van der Waals surface area contributed by atoms with Gasteiger partial charge in [0.2, 0.25) is 5.91 Å². The molecule has 0 saturated carbocycles. The van der Waals surface area contributed by atoms with Crippen molar-refractivity contribution in [1.82, 2.24) is 0 Å². The van der Waals surface area contributed by atoms with E-state index in [1.165, 1.54) is 0 Å². The Morgan fingerprint density at radius 2 is 2.28 bits per heavy atom. The van der Waals surface area contributed by atoms with Crippen LogP contribution in [0.1, 0.15) is 24.9 Å². The fraction of sp³-hybridized carbons (Fsp3) is 0.462. The van der Waals surface area contributed by atoms with E-state index in [1.54, 1.807) is 6.92 Å². The molecule has 2 unspecified atom stereocenters. The van der Waals surface area contributed by atoms with E-state index in [0.29, 0.717) is 6.42 Å². The molecule has 5 nitrogen and oxygen atoms in total. The summed E-state index contributed by atoms with van der Waals surface area (Å²) in [6.07, 6.45) is 0.398. The second kappa shape index (κ2) is 4.96. The second-order valence-corrected chi connectivity index (χ2v) is 4.80. The van der Waals surface area contributed by atoms with Crippen molar-refractivity contribution < 1.29 is 9.90 Å². The number of aliphatic hydroxyl groups is 1. The summed E-state index contributed by atoms with van der Waals surface area (Å²) in [6, 6.07) is 5.19. The van der Waals surface area contributed by atoms with Gasteiger partial charge in [-0.05, 0) is 25.5 Å². The maximum absolute atomic E-state index is 11.4. The van der Waals surface area contributed by atoms with Crippen molar-refractivity contribution in [1.29, 1.82) is 0 Å². The zero-order chi connectivity index (χ0) is 13.3. The summed E-state index contributed by atoms with van der Waals surface area (Å²) >= 11 is 0. The van der Waals surface area contributed by atoms with Gasteiger partial charge in [0, 0.05) is 30.5 Å². The minimum atomic E-state index is -0.558. The highest BCUT2D eigenvalue weighted by atomic mass is 16.3. The van der Waals surface area contributed by atoms with Crippen molar-refractivity contribution in [2.24, 2.45) is 5.73 Å². The molecule has 1 aromatic rings. The van der Waals surface area contributed by atoms with Crippen LogP contribution in [0.3, 0.4) is 0 Å². The highest BCUT2D eigenvalue weighted by Gasteiger charge is 2.27. The van der Waals surface area contributed by atoms with Crippen LogP contribution in [0.2, 0.25) is 0 Å². The van der Waals surface area contributed by atoms with Crippen molar-refractivity contribution >= 4 is 17.3 Å². The summed E-state index contributed by atoms with van der Waals surface area (Å²) in [5.74, 6) is -0.159. The Balaban J connectivity index is 2.13. The number of nitrogens with zero attached hydrogens (tertiary/aromatic N) is 1. The molecule has 1 aromatic carbocycles. The number of benzene rings is 1. The molecule has 4 N–H and O–H groups in total. The summed E-state index contributed by atoms with van der Waals surface area (Å²) < 4.78 is 0. The van der Waals surface area contributed by atoms with Gasteiger partial charge < -0.3 is 21.1 Å². The van der Waals surface area contributed by atoms with Gasteiger partial charge >= 0.3 is 0 Å². The van der Waals surface area contributed by atoms with E-state index in [1.807, 2.05) is 30.1 Å². The van der Waals surface area contributed by atoms with E-state index in [0.717, 1.165) is 23.5 Å². The molecular weight excluding hydrogens is 230 g/mol. The molecule has 1 amide bonds. The van der Waals surface area contributed by atoms with E-state index >= 15 is 0 Å². The van der Waals surface area contributed by atoms with Gasteiger partial charge in [0.25, 0.3) is 0 Å². The molecule has 1 aliphatic rings. The van der Waals surface area contributed by atoms with Gasteiger partial charge in [0.15, 0.2) is 0 Å². The molecule has 0 bridgehead atoms. The largest absolute Gasteiger partial charge is 0.393 e. The number of fused-ring (bicyclic) bond motifs is 1. The maximum Gasteiger partial charge on any atom is 0.245 e. The molecule has 0 aliphatic carbocycles. The Bertz CT molecular complexity index is 460. The lowest BCUT2D eigenvalue weighted by Crippen LogP contribution is -2.21. The number of rotatable bonds is 4. The van der Waals surface area contributed by atoms with Gasteiger partial charge in [-0.15, -0.1) is 0 Å². The van der Waals surface area contributed by atoms with Crippen molar-refractivity contribution in [2.75, 3.05) is 23.8 Å². The molecule has 0 aromatic heterocycles. The lowest BCUT2D eigenvalue weighted by molar-refractivity contribution is -0.116. The van der Waals surface area contributed by atoms with E-state index in [4.69, 9.17) is 5.73 Å². The van der Waals surface area contributed by atoms with Gasteiger partial charge in [-0.3, -0.25) is 4.79 Å². The predicted molar refractivity (Wildman–Crippen MR) is 71.6 cm³/mol. The minimum absolute atomic E-state index is 0.159. The van der Waals surface area contributed by atoms with Crippen LogP contribution < -0.4 is 16.0 Å². The third-order valence-corrected chi connectivity index (χ3v) is 3.24. The van der Waals surface area contributed by atoms with Crippen LogP contribution >= 0.6 is 0 Å². The summed E-state index contributed by atoms with van der Waals surface area (Å²) in [6.45, 7) is 2.53. The average Bonchev–Trinajstić information content (AvgIpc) is 2.61. The summed E-state index contributed by atoms with van der Waals surface area (Å²) in [5.41, 5.74) is 8.39. The Morgan fingerprint density at radius 1 is 1.56 bits per heavy atom. The normalized spacial score (nSPS) is 19.3. The maximum atomic E-state index is 11.4. The number of anilines is 2. The molecule has 1 aliphatic heterocycles. The van der Waals surface area contributed by atoms with E-state index in [9.17, 15) is 9.90 Å². The fourth-order valence-electron chi connectivity index (χ4n) is 2.02. The number of hydrogen-bond acceptors (Lipinski definition) is 4. The predicted octanol–water partition coefficient (Wildman–Crippen LogP) is 0.846. The smallest absolute Gasteiger partial charge is 0.245 e. The number of amides is 1. The molecule has 2 rings (SSSR count). The van der Waals surface area contributed by atoms with Crippen LogP contribution in [0.5, 0.6) is 0 Å². The summed E-state index contributed by atoms with van der Waals surface area (Å²) in [5, 5.41) is 12.0. The first-order valence-electron chi connectivity index (χ1n) is 6.08. The lowest BCUT2D eigenvalue weighted by Gasteiger charge is -2.20. The standard InChI is InChI=1S/C13H19N3O2/c1-8(17)5-6-16(2)9-3-4-10-11(7-9)15-13(18)12(10)14/h3-4,7-8,12,17H,5-6,14H2,1-2H3,(H,15,18). The fourth-order valence-corrected chi connectivity index (χ4v) is 2.02. The average molecular weight is 249 g/mol. The Morgan fingerprint density at radius 3 is 2.94 bits per heavy atom.